The summed E-state index contributed by atoms with van der Waals surface area (Å²) in [5, 5.41) is 1.91. The first-order chi connectivity index (χ1) is 5.85. The Morgan fingerprint density at radius 1 is 1.38 bits per heavy atom. The van der Waals surface area contributed by atoms with Gasteiger partial charge in [0.05, 0.1) is 6.42 Å². The topological polar surface area (TPSA) is 72.5 Å². The fourth-order valence-electron chi connectivity index (χ4n) is 0.544. The van der Waals surface area contributed by atoms with Crippen LogP contribution in [0.5, 0.6) is 0 Å². The van der Waals surface area contributed by atoms with E-state index in [2.05, 4.69) is 0 Å². The van der Waals surface area contributed by atoms with Crippen LogP contribution in [0, 0.1) is 0 Å². The number of amides is 2. The number of rotatable bonds is 2. The minimum Gasteiger partial charge on any atom is -0.444 e. The number of ether oxygens (including phenoxy) is 1. The van der Waals surface area contributed by atoms with E-state index >= 15 is 0 Å². The van der Waals surface area contributed by atoms with Gasteiger partial charge in [0.25, 0.3) is 0 Å². The molecule has 0 unspecified atom stereocenters. The molecule has 5 heteroatoms. The van der Waals surface area contributed by atoms with Crippen LogP contribution in [0.15, 0.2) is 0 Å². The van der Waals surface area contributed by atoms with Crippen LogP contribution in [0.25, 0.3) is 0 Å². The average Bonchev–Trinajstić information content (AvgIpc) is 1.81. The molecule has 0 aliphatic rings. The molecule has 0 aromatic carbocycles. The molecule has 2 amide bonds. The van der Waals surface area contributed by atoms with Crippen molar-refractivity contribution in [2.45, 2.75) is 32.8 Å². The molecule has 5 nitrogen and oxygen atoms in total. The van der Waals surface area contributed by atoms with Crippen LogP contribution in [0.4, 0.5) is 4.79 Å². The van der Waals surface area contributed by atoms with Crippen molar-refractivity contribution in [1.29, 1.82) is 0 Å². The molecule has 13 heavy (non-hydrogen) atoms. The van der Waals surface area contributed by atoms with Crippen molar-refractivity contribution in [2.24, 2.45) is 0 Å². The van der Waals surface area contributed by atoms with Gasteiger partial charge in [-0.1, -0.05) is 0 Å². The zero-order chi connectivity index (χ0) is 10.5. The Bertz CT molecular complexity index is 217. The summed E-state index contributed by atoms with van der Waals surface area (Å²) in [6.07, 6.45) is -0.752. The van der Waals surface area contributed by atoms with Gasteiger partial charge >= 0.3 is 6.09 Å². The van der Waals surface area contributed by atoms with Gasteiger partial charge in [-0.05, 0) is 20.8 Å². The summed E-state index contributed by atoms with van der Waals surface area (Å²) in [4.78, 5) is 31.4. The third-order valence-corrected chi connectivity index (χ3v) is 0.909. The molecule has 0 saturated heterocycles. The van der Waals surface area contributed by atoms with Crippen molar-refractivity contribution < 1.29 is 19.1 Å². The van der Waals surface area contributed by atoms with E-state index in [1.165, 1.54) is 0 Å². The number of carbonyl (C=O) groups is 3. The van der Waals surface area contributed by atoms with E-state index < -0.39 is 17.6 Å². The molecule has 0 spiro atoms. The smallest absolute Gasteiger partial charge is 0.414 e. The number of imide groups is 1. The molecular weight excluding hydrogens is 174 g/mol. The number of nitrogens with one attached hydrogen (secondary N) is 1. The molecule has 0 bridgehead atoms. The second-order valence-electron chi connectivity index (χ2n) is 3.42. The first-order valence-corrected chi connectivity index (χ1v) is 3.81. The second kappa shape index (κ2) is 4.59. The van der Waals surface area contributed by atoms with Crippen LogP contribution >= 0.6 is 0 Å². The summed E-state index contributed by atoms with van der Waals surface area (Å²) in [7, 11) is 0. The molecule has 0 heterocycles. The van der Waals surface area contributed by atoms with Crippen molar-refractivity contribution in [1.82, 2.24) is 5.32 Å². The molecule has 0 aromatic rings. The number of hydrogen-bond donors (Lipinski definition) is 1. The molecule has 0 aliphatic carbocycles. The van der Waals surface area contributed by atoms with E-state index in [4.69, 9.17) is 4.74 Å². The Labute approximate surface area is 76.4 Å². The van der Waals surface area contributed by atoms with Crippen molar-refractivity contribution in [3.63, 3.8) is 0 Å². The molecule has 0 atom stereocenters. The summed E-state index contributed by atoms with van der Waals surface area (Å²) in [6, 6.07) is 0. The number of hydrogen-bond acceptors (Lipinski definition) is 4. The number of aldehydes is 1. The Kier molecular flexibility index (Phi) is 4.10. The molecule has 0 fully saturated rings. The fraction of sp³-hybridized carbons (Fsp3) is 0.625. The summed E-state index contributed by atoms with van der Waals surface area (Å²) < 4.78 is 4.77. The van der Waals surface area contributed by atoms with Gasteiger partial charge in [0, 0.05) is 0 Å². The van der Waals surface area contributed by atoms with Gasteiger partial charge in [0.15, 0.2) is 0 Å². The molecule has 0 aromatic heterocycles. The van der Waals surface area contributed by atoms with E-state index in [1.807, 2.05) is 5.32 Å². The highest BCUT2D eigenvalue weighted by Gasteiger charge is 2.17. The zero-order valence-corrected chi connectivity index (χ0v) is 7.92. The largest absolute Gasteiger partial charge is 0.444 e. The van der Waals surface area contributed by atoms with Crippen molar-refractivity contribution >= 4 is 18.3 Å². The predicted octanol–water partition coefficient (Wildman–Crippen LogP) is 0.627. The Morgan fingerprint density at radius 2 is 1.92 bits per heavy atom. The van der Waals surface area contributed by atoms with E-state index in [0.29, 0.717) is 6.29 Å². The molecule has 0 aliphatic heterocycles. The first-order valence-electron chi connectivity index (χ1n) is 3.81. The predicted molar refractivity (Wildman–Crippen MR) is 45.1 cm³/mol. The molecular formula is C8H13NO4. The third kappa shape index (κ3) is 6.99. The lowest BCUT2D eigenvalue weighted by Crippen LogP contribution is -2.36. The third-order valence-electron chi connectivity index (χ3n) is 0.909. The quantitative estimate of drug-likeness (QED) is 0.508. The minimum absolute atomic E-state index is 0.334. The van der Waals surface area contributed by atoms with Gasteiger partial charge in [-0.3, -0.25) is 10.1 Å². The lowest BCUT2D eigenvalue weighted by Gasteiger charge is -2.18. The number of carbonyl (C=O) groups excluding carboxylic acids is 3. The summed E-state index contributed by atoms with van der Waals surface area (Å²) in [6.45, 7) is 5.03. The monoisotopic (exact) mass is 187 g/mol. The molecule has 0 radical (unpaired) electrons. The molecule has 74 valence electrons. The fourth-order valence-corrected chi connectivity index (χ4v) is 0.544. The average molecular weight is 187 g/mol. The Balaban J connectivity index is 3.88. The maximum atomic E-state index is 10.9. The first kappa shape index (κ1) is 11.6. The van der Waals surface area contributed by atoms with Gasteiger partial charge < -0.3 is 9.53 Å². The van der Waals surface area contributed by atoms with Gasteiger partial charge in [-0.25, -0.2) is 4.79 Å². The van der Waals surface area contributed by atoms with Gasteiger partial charge in [-0.15, -0.1) is 0 Å². The maximum Gasteiger partial charge on any atom is 0.414 e. The molecule has 1 N–H and O–H groups in total. The van der Waals surface area contributed by atoms with Gasteiger partial charge in [0.2, 0.25) is 5.91 Å². The lowest BCUT2D eigenvalue weighted by molar-refractivity contribution is -0.123. The molecule has 0 rings (SSSR count). The lowest BCUT2D eigenvalue weighted by atomic mass is 10.2. The highest BCUT2D eigenvalue weighted by Crippen LogP contribution is 2.06. The Morgan fingerprint density at radius 3 is 2.31 bits per heavy atom. The van der Waals surface area contributed by atoms with Gasteiger partial charge in [0.1, 0.15) is 11.9 Å². The van der Waals surface area contributed by atoms with E-state index in [1.54, 1.807) is 20.8 Å². The second-order valence-corrected chi connectivity index (χ2v) is 3.42. The molecule has 0 saturated carbocycles. The Hall–Kier alpha value is -1.39. The van der Waals surface area contributed by atoms with Crippen LogP contribution in [0.3, 0.4) is 0 Å². The maximum absolute atomic E-state index is 10.9. The zero-order valence-electron chi connectivity index (χ0n) is 7.92. The van der Waals surface area contributed by atoms with Crippen LogP contribution in [0.1, 0.15) is 27.2 Å². The van der Waals surface area contributed by atoms with Gasteiger partial charge in [-0.2, -0.15) is 0 Å². The van der Waals surface area contributed by atoms with Crippen molar-refractivity contribution in [2.75, 3.05) is 0 Å². The van der Waals surface area contributed by atoms with Crippen LogP contribution in [0.2, 0.25) is 0 Å². The van der Waals surface area contributed by atoms with Crippen LogP contribution in [-0.4, -0.2) is 23.9 Å². The van der Waals surface area contributed by atoms with E-state index in [0.717, 1.165) is 0 Å². The highest BCUT2D eigenvalue weighted by atomic mass is 16.6. The normalized spacial score (nSPS) is 10.4. The summed E-state index contributed by atoms with van der Waals surface area (Å²) in [5.74, 6) is -0.663. The van der Waals surface area contributed by atoms with E-state index in [9.17, 15) is 14.4 Å². The van der Waals surface area contributed by atoms with E-state index in [-0.39, 0.29) is 6.42 Å². The van der Waals surface area contributed by atoms with Crippen LogP contribution in [-0.2, 0) is 14.3 Å². The standard InChI is InChI=1S/C8H13NO4/c1-8(2,3)13-7(12)9-6(11)4-5-10/h5H,4H2,1-3H3,(H,9,11,12). The minimum atomic E-state index is -0.834. The summed E-state index contributed by atoms with van der Waals surface area (Å²) in [5.41, 5.74) is -0.647. The van der Waals surface area contributed by atoms with Crippen molar-refractivity contribution in [3.05, 3.63) is 0 Å². The van der Waals surface area contributed by atoms with Crippen molar-refractivity contribution in [3.8, 4) is 0 Å². The number of alkyl carbamates (subject to hydrolysis) is 1. The summed E-state index contributed by atoms with van der Waals surface area (Å²) >= 11 is 0. The van der Waals surface area contributed by atoms with Crippen LogP contribution < -0.4 is 5.32 Å². The SMILES string of the molecule is CC(C)(C)OC(=O)NC(=O)CC=O. The highest BCUT2D eigenvalue weighted by molar-refractivity contribution is 5.97.